The van der Waals surface area contributed by atoms with Crippen LogP contribution in [0.15, 0.2) is 18.2 Å². The fourth-order valence-corrected chi connectivity index (χ4v) is 3.12. The molecule has 1 aromatic rings. The van der Waals surface area contributed by atoms with E-state index in [-0.39, 0.29) is 40.8 Å². The van der Waals surface area contributed by atoms with E-state index in [4.69, 9.17) is 11.6 Å². The van der Waals surface area contributed by atoms with Crippen LogP contribution in [0.2, 0.25) is 5.02 Å². The molecule has 2 atom stereocenters. The summed E-state index contributed by atoms with van der Waals surface area (Å²) in [6.07, 6.45) is 0.553. The zero-order valence-electron chi connectivity index (χ0n) is 14.6. The van der Waals surface area contributed by atoms with E-state index in [0.29, 0.717) is 18.7 Å². The van der Waals surface area contributed by atoms with Gasteiger partial charge in [-0.2, -0.15) is 0 Å². The molecule has 2 rings (SSSR count). The number of carbonyl (C=O) groups excluding carboxylic acids is 2. The highest BCUT2D eigenvalue weighted by molar-refractivity contribution is 6.34. The summed E-state index contributed by atoms with van der Waals surface area (Å²) >= 11 is 6.17. The van der Waals surface area contributed by atoms with Crippen LogP contribution in [0.4, 0.5) is 5.69 Å². The summed E-state index contributed by atoms with van der Waals surface area (Å²) in [6.45, 7) is 6.13. The van der Waals surface area contributed by atoms with Crippen LogP contribution in [0.3, 0.4) is 0 Å². The van der Waals surface area contributed by atoms with Crippen LogP contribution >= 0.6 is 11.6 Å². The molecular weight excluding hydrogens is 344 g/mol. The quantitative estimate of drug-likeness (QED) is 0.857. The van der Waals surface area contributed by atoms with E-state index in [9.17, 15) is 19.5 Å². The number of likely N-dealkylation sites (tertiary alicyclic amines) is 1. The van der Waals surface area contributed by atoms with Crippen molar-refractivity contribution < 1.29 is 19.5 Å². The molecule has 1 aliphatic heterocycles. The maximum absolute atomic E-state index is 12.8. The average Bonchev–Trinajstić information content (AvgIpc) is 2.55. The third-order valence-corrected chi connectivity index (χ3v) is 4.61. The fraction of sp³-hybridized carbons (Fsp3) is 0.500. The number of hydrogen-bond acceptors (Lipinski definition) is 3. The lowest BCUT2D eigenvalue weighted by Crippen LogP contribution is -2.45. The van der Waals surface area contributed by atoms with Crippen LogP contribution in [-0.4, -0.2) is 40.9 Å². The number of anilines is 1. The first-order chi connectivity index (χ1) is 11.7. The number of carboxylic acids is 1. The Hall–Kier alpha value is -2.08. The van der Waals surface area contributed by atoms with E-state index in [1.54, 1.807) is 32.0 Å². The topological polar surface area (TPSA) is 86.7 Å². The first-order valence-corrected chi connectivity index (χ1v) is 8.69. The van der Waals surface area contributed by atoms with Gasteiger partial charge in [-0.15, -0.1) is 0 Å². The SMILES string of the molecule is CC1CC(C(=O)O)CN(C(=O)c2cc(NC(=O)C(C)C)ccc2Cl)C1. The van der Waals surface area contributed by atoms with Gasteiger partial charge in [0.1, 0.15) is 0 Å². The minimum atomic E-state index is -0.895. The van der Waals surface area contributed by atoms with Gasteiger partial charge in [0, 0.05) is 24.7 Å². The van der Waals surface area contributed by atoms with Gasteiger partial charge in [-0.25, -0.2) is 0 Å². The molecule has 2 amide bonds. The maximum Gasteiger partial charge on any atom is 0.308 e. The molecular formula is C18H23ClN2O4. The summed E-state index contributed by atoms with van der Waals surface area (Å²) in [6, 6.07) is 4.74. The number of piperidine rings is 1. The van der Waals surface area contributed by atoms with Gasteiger partial charge in [-0.3, -0.25) is 14.4 Å². The first-order valence-electron chi connectivity index (χ1n) is 8.31. The Balaban J connectivity index is 2.23. The summed E-state index contributed by atoms with van der Waals surface area (Å²) in [7, 11) is 0. The molecule has 2 N–H and O–H groups in total. The number of rotatable bonds is 4. The van der Waals surface area contributed by atoms with E-state index in [2.05, 4.69) is 5.32 Å². The highest BCUT2D eigenvalue weighted by Crippen LogP contribution is 2.27. The highest BCUT2D eigenvalue weighted by Gasteiger charge is 2.33. The van der Waals surface area contributed by atoms with Crippen LogP contribution in [0.5, 0.6) is 0 Å². The van der Waals surface area contributed by atoms with Crippen molar-refractivity contribution in [1.29, 1.82) is 0 Å². The lowest BCUT2D eigenvalue weighted by atomic mass is 9.90. The number of aliphatic carboxylic acids is 1. The van der Waals surface area contributed by atoms with Crippen molar-refractivity contribution in [3.8, 4) is 0 Å². The number of nitrogens with zero attached hydrogens (tertiary/aromatic N) is 1. The highest BCUT2D eigenvalue weighted by atomic mass is 35.5. The molecule has 25 heavy (non-hydrogen) atoms. The van der Waals surface area contributed by atoms with Crippen molar-refractivity contribution in [1.82, 2.24) is 4.90 Å². The molecule has 0 radical (unpaired) electrons. The Morgan fingerprint density at radius 2 is 1.96 bits per heavy atom. The molecule has 0 aliphatic carbocycles. The third kappa shape index (κ3) is 4.72. The smallest absolute Gasteiger partial charge is 0.308 e. The van der Waals surface area contributed by atoms with Crippen LogP contribution in [0.25, 0.3) is 0 Å². The van der Waals surface area contributed by atoms with Gasteiger partial charge in [-0.05, 0) is 30.5 Å². The molecule has 1 fully saturated rings. The number of nitrogens with one attached hydrogen (secondary N) is 1. The molecule has 0 spiro atoms. The molecule has 6 nitrogen and oxygen atoms in total. The molecule has 7 heteroatoms. The summed E-state index contributed by atoms with van der Waals surface area (Å²) in [5.41, 5.74) is 0.757. The first kappa shape index (κ1) is 19.2. The Morgan fingerprint density at radius 3 is 2.56 bits per heavy atom. The summed E-state index contributed by atoms with van der Waals surface area (Å²) in [5.74, 6) is -2.03. The number of benzene rings is 1. The normalized spacial score (nSPS) is 20.4. The summed E-state index contributed by atoms with van der Waals surface area (Å²) in [5, 5.41) is 12.3. The van der Waals surface area contributed by atoms with Crippen molar-refractivity contribution in [2.24, 2.45) is 17.8 Å². The van der Waals surface area contributed by atoms with Crippen molar-refractivity contribution in [3.05, 3.63) is 28.8 Å². The molecule has 136 valence electrons. The van der Waals surface area contributed by atoms with Gasteiger partial charge in [0.25, 0.3) is 5.91 Å². The van der Waals surface area contributed by atoms with Gasteiger partial charge < -0.3 is 15.3 Å². The molecule has 1 aliphatic rings. The Labute approximate surface area is 152 Å². The second kappa shape index (κ2) is 7.87. The number of carbonyl (C=O) groups is 3. The standard InChI is InChI=1S/C18H23ClN2O4/c1-10(2)16(22)20-13-4-5-15(19)14(7-13)17(23)21-8-11(3)6-12(9-21)18(24)25/h4-5,7,10-12H,6,8-9H2,1-3H3,(H,20,22)(H,24,25). The fourth-order valence-electron chi connectivity index (χ4n) is 2.92. The zero-order valence-corrected chi connectivity index (χ0v) is 15.3. The molecule has 1 saturated heterocycles. The second-order valence-electron chi connectivity index (χ2n) is 6.92. The Bertz CT molecular complexity index is 690. The summed E-state index contributed by atoms with van der Waals surface area (Å²) in [4.78, 5) is 37.5. The largest absolute Gasteiger partial charge is 0.481 e. The predicted molar refractivity (Wildman–Crippen MR) is 95.7 cm³/mol. The minimum Gasteiger partial charge on any atom is -0.481 e. The Morgan fingerprint density at radius 1 is 1.28 bits per heavy atom. The molecule has 1 heterocycles. The van der Waals surface area contributed by atoms with E-state index < -0.39 is 11.9 Å². The minimum absolute atomic E-state index is 0.0985. The number of hydrogen-bond donors (Lipinski definition) is 2. The number of halogens is 1. The predicted octanol–water partition coefficient (Wildman–Crippen LogP) is 3.12. The van der Waals surface area contributed by atoms with Crippen LogP contribution < -0.4 is 5.32 Å². The number of amides is 2. The van der Waals surface area contributed by atoms with E-state index >= 15 is 0 Å². The van der Waals surface area contributed by atoms with Gasteiger partial charge in [0.05, 0.1) is 16.5 Å². The molecule has 0 aromatic heterocycles. The van der Waals surface area contributed by atoms with Crippen LogP contribution in [-0.2, 0) is 9.59 Å². The second-order valence-corrected chi connectivity index (χ2v) is 7.33. The van der Waals surface area contributed by atoms with Gasteiger partial charge in [0.15, 0.2) is 0 Å². The van der Waals surface area contributed by atoms with Crippen molar-refractivity contribution in [2.75, 3.05) is 18.4 Å². The van der Waals surface area contributed by atoms with Gasteiger partial charge in [-0.1, -0.05) is 32.4 Å². The monoisotopic (exact) mass is 366 g/mol. The van der Waals surface area contributed by atoms with Gasteiger partial charge >= 0.3 is 5.97 Å². The Kier molecular flexibility index (Phi) is 6.06. The average molecular weight is 367 g/mol. The third-order valence-electron chi connectivity index (χ3n) is 4.28. The van der Waals surface area contributed by atoms with E-state index in [1.165, 1.54) is 4.90 Å². The number of carboxylic acid groups (broad SMARTS) is 1. The lowest BCUT2D eigenvalue weighted by Gasteiger charge is -2.35. The van der Waals surface area contributed by atoms with Crippen molar-refractivity contribution in [3.63, 3.8) is 0 Å². The van der Waals surface area contributed by atoms with Crippen molar-refractivity contribution in [2.45, 2.75) is 27.2 Å². The van der Waals surface area contributed by atoms with E-state index in [1.807, 2.05) is 6.92 Å². The lowest BCUT2D eigenvalue weighted by molar-refractivity contribution is -0.143. The molecule has 2 unspecified atom stereocenters. The molecule has 0 bridgehead atoms. The molecule has 0 saturated carbocycles. The van der Waals surface area contributed by atoms with Crippen LogP contribution in [0.1, 0.15) is 37.6 Å². The van der Waals surface area contributed by atoms with Crippen LogP contribution in [0, 0.1) is 17.8 Å². The molecule has 1 aromatic carbocycles. The zero-order chi connectivity index (χ0) is 18.7. The van der Waals surface area contributed by atoms with Crippen molar-refractivity contribution >= 4 is 35.1 Å². The summed E-state index contributed by atoms with van der Waals surface area (Å²) < 4.78 is 0. The van der Waals surface area contributed by atoms with Gasteiger partial charge in [0.2, 0.25) is 5.91 Å². The van der Waals surface area contributed by atoms with E-state index in [0.717, 1.165) is 0 Å². The maximum atomic E-state index is 12.8.